The van der Waals surface area contributed by atoms with Crippen LogP contribution in [0.4, 0.5) is 0 Å². The number of carbonyl (C=O) groups excluding carboxylic acids is 2. The van der Waals surface area contributed by atoms with E-state index in [1.54, 1.807) is 23.9 Å². The molecule has 1 saturated heterocycles. The predicted octanol–water partition coefficient (Wildman–Crippen LogP) is -0.216. The van der Waals surface area contributed by atoms with Crippen LogP contribution in [-0.2, 0) is 4.79 Å². The Hall–Kier alpha value is -2.38. The van der Waals surface area contributed by atoms with Crippen molar-refractivity contribution >= 4 is 11.8 Å². The van der Waals surface area contributed by atoms with Crippen molar-refractivity contribution in [3.63, 3.8) is 0 Å². The van der Waals surface area contributed by atoms with Gasteiger partial charge in [0.2, 0.25) is 5.91 Å². The van der Waals surface area contributed by atoms with Crippen LogP contribution in [0.5, 0.6) is 0 Å². The lowest BCUT2D eigenvalue weighted by molar-refractivity contribution is -0.129. The smallest absolute Gasteiger partial charge is 0.326 e. The number of hydrogen-bond acceptors (Lipinski definition) is 4. The molecule has 1 aliphatic heterocycles. The summed E-state index contributed by atoms with van der Waals surface area (Å²) in [6, 6.07) is 1.10. The average molecular weight is 322 g/mol. The molecule has 0 saturated carbocycles. The summed E-state index contributed by atoms with van der Waals surface area (Å²) >= 11 is 0. The molecule has 23 heavy (non-hydrogen) atoms. The zero-order valence-corrected chi connectivity index (χ0v) is 13.4. The van der Waals surface area contributed by atoms with Gasteiger partial charge in [0, 0.05) is 39.7 Å². The first kappa shape index (κ1) is 17.0. The molecule has 8 nitrogen and oxygen atoms in total. The minimum Gasteiger partial charge on any atom is -0.349 e. The second-order valence-corrected chi connectivity index (χ2v) is 6.09. The second kappa shape index (κ2) is 7.26. The van der Waals surface area contributed by atoms with Gasteiger partial charge in [-0.15, -0.1) is 0 Å². The van der Waals surface area contributed by atoms with Gasteiger partial charge in [-0.2, -0.15) is 0 Å². The summed E-state index contributed by atoms with van der Waals surface area (Å²) in [6.45, 7) is 1.13. The predicted molar refractivity (Wildman–Crippen MR) is 84.2 cm³/mol. The first-order valence-corrected chi connectivity index (χ1v) is 7.70. The molecule has 1 fully saturated rings. The minimum absolute atomic E-state index is 0.00349. The van der Waals surface area contributed by atoms with Crippen molar-refractivity contribution in [3.05, 3.63) is 32.6 Å². The normalized spacial score (nSPS) is 17.8. The molecule has 1 aliphatic rings. The average Bonchev–Trinajstić information content (AvgIpc) is 2.51. The fraction of sp³-hybridized carbons (Fsp3) is 0.600. The number of H-pyrrole nitrogens is 2. The number of amides is 2. The molecule has 1 atom stereocenters. The first-order chi connectivity index (χ1) is 10.9. The number of aromatic nitrogens is 2. The van der Waals surface area contributed by atoms with Crippen molar-refractivity contribution in [3.8, 4) is 0 Å². The van der Waals surface area contributed by atoms with E-state index in [9.17, 15) is 19.2 Å². The summed E-state index contributed by atoms with van der Waals surface area (Å²) in [5, 5.41) is 0. The van der Waals surface area contributed by atoms with E-state index in [4.69, 9.17) is 0 Å². The fourth-order valence-electron chi connectivity index (χ4n) is 2.79. The van der Waals surface area contributed by atoms with Crippen LogP contribution >= 0.6 is 0 Å². The Morgan fingerprint density at radius 1 is 1.30 bits per heavy atom. The molecule has 2 N–H and O–H groups in total. The van der Waals surface area contributed by atoms with Gasteiger partial charge in [0.05, 0.1) is 0 Å². The number of hydrogen-bond donors (Lipinski definition) is 2. The molecular formula is C15H22N4O4. The van der Waals surface area contributed by atoms with Crippen LogP contribution in [-0.4, -0.2) is 58.8 Å². The lowest BCUT2D eigenvalue weighted by atomic mass is 9.93. The van der Waals surface area contributed by atoms with E-state index in [1.807, 2.05) is 4.98 Å². The van der Waals surface area contributed by atoms with Gasteiger partial charge in [-0.05, 0) is 25.2 Å². The number of aromatic amines is 2. The molecule has 0 bridgehead atoms. The number of carbonyl (C=O) groups is 2. The third-order valence-corrected chi connectivity index (χ3v) is 4.06. The van der Waals surface area contributed by atoms with Gasteiger partial charge < -0.3 is 14.8 Å². The lowest BCUT2D eigenvalue weighted by Crippen LogP contribution is -2.41. The van der Waals surface area contributed by atoms with Gasteiger partial charge in [-0.25, -0.2) is 4.79 Å². The van der Waals surface area contributed by atoms with Crippen LogP contribution in [0.1, 0.15) is 36.2 Å². The highest BCUT2D eigenvalue weighted by Crippen LogP contribution is 2.22. The summed E-state index contributed by atoms with van der Waals surface area (Å²) in [4.78, 5) is 54.3. The van der Waals surface area contributed by atoms with Gasteiger partial charge in [-0.1, -0.05) is 0 Å². The van der Waals surface area contributed by atoms with Crippen LogP contribution in [0.3, 0.4) is 0 Å². The number of piperidine rings is 1. The largest absolute Gasteiger partial charge is 0.349 e. The number of likely N-dealkylation sites (tertiary alicyclic amines) is 1. The highest BCUT2D eigenvalue weighted by molar-refractivity contribution is 5.92. The molecule has 1 aromatic rings. The van der Waals surface area contributed by atoms with Crippen LogP contribution < -0.4 is 11.2 Å². The molecule has 2 rings (SSSR count). The molecular weight excluding hydrogens is 300 g/mol. The van der Waals surface area contributed by atoms with Crippen LogP contribution in [0.25, 0.3) is 0 Å². The Balaban J connectivity index is 2.00. The molecule has 2 amide bonds. The Morgan fingerprint density at radius 3 is 2.70 bits per heavy atom. The highest BCUT2D eigenvalue weighted by Gasteiger charge is 2.25. The summed E-state index contributed by atoms with van der Waals surface area (Å²) in [6.07, 6.45) is 3.00. The molecule has 8 heteroatoms. The van der Waals surface area contributed by atoms with Crippen molar-refractivity contribution in [2.75, 3.05) is 27.2 Å². The van der Waals surface area contributed by atoms with Crippen LogP contribution in [0.15, 0.2) is 15.7 Å². The van der Waals surface area contributed by atoms with Gasteiger partial charge in [0.15, 0.2) is 0 Å². The number of nitrogens with zero attached hydrogens (tertiary/aromatic N) is 2. The number of nitrogens with one attached hydrogen (secondary N) is 2. The SMILES string of the molecule is CN(C)C(=O)CC[C@H]1CCCN(C(=O)c2cc(=O)[nH]c(=O)[nH]2)C1. The Bertz CT molecular complexity index is 663. The van der Waals surface area contributed by atoms with Crippen molar-refractivity contribution in [1.82, 2.24) is 19.8 Å². The molecule has 0 radical (unpaired) electrons. The van der Waals surface area contributed by atoms with Crippen molar-refractivity contribution in [2.45, 2.75) is 25.7 Å². The maximum atomic E-state index is 12.4. The maximum Gasteiger partial charge on any atom is 0.326 e. The third kappa shape index (κ3) is 4.54. The molecule has 0 aromatic carbocycles. The topological polar surface area (TPSA) is 106 Å². The van der Waals surface area contributed by atoms with E-state index < -0.39 is 11.2 Å². The maximum absolute atomic E-state index is 12.4. The van der Waals surface area contributed by atoms with E-state index >= 15 is 0 Å². The minimum atomic E-state index is -0.689. The van der Waals surface area contributed by atoms with E-state index in [1.165, 1.54) is 0 Å². The third-order valence-electron chi connectivity index (χ3n) is 4.06. The van der Waals surface area contributed by atoms with E-state index in [0.717, 1.165) is 25.3 Å². The van der Waals surface area contributed by atoms with Gasteiger partial charge in [0.1, 0.15) is 5.69 Å². The quantitative estimate of drug-likeness (QED) is 0.799. The van der Waals surface area contributed by atoms with E-state index in [2.05, 4.69) is 4.98 Å². The molecule has 1 aromatic heterocycles. The lowest BCUT2D eigenvalue weighted by Gasteiger charge is -2.32. The van der Waals surface area contributed by atoms with Gasteiger partial charge in [0.25, 0.3) is 11.5 Å². The van der Waals surface area contributed by atoms with Crippen molar-refractivity contribution in [1.29, 1.82) is 0 Å². The van der Waals surface area contributed by atoms with E-state index in [0.29, 0.717) is 19.5 Å². The summed E-state index contributed by atoms with van der Waals surface area (Å²) in [7, 11) is 3.45. The molecule has 0 aliphatic carbocycles. The Morgan fingerprint density at radius 2 is 2.04 bits per heavy atom. The summed E-state index contributed by atoms with van der Waals surface area (Å²) < 4.78 is 0. The van der Waals surface area contributed by atoms with Gasteiger partial charge in [-0.3, -0.25) is 19.4 Å². The molecule has 0 unspecified atom stereocenters. The zero-order valence-electron chi connectivity index (χ0n) is 13.4. The molecule has 2 heterocycles. The van der Waals surface area contributed by atoms with Crippen molar-refractivity contribution < 1.29 is 9.59 Å². The van der Waals surface area contributed by atoms with Gasteiger partial charge >= 0.3 is 5.69 Å². The molecule has 126 valence electrons. The summed E-state index contributed by atoms with van der Waals surface area (Å²) in [5.74, 6) is -0.0190. The fourth-order valence-corrected chi connectivity index (χ4v) is 2.79. The van der Waals surface area contributed by atoms with E-state index in [-0.39, 0.29) is 23.4 Å². The standard InChI is InChI=1S/C15H22N4O4/c1-18(2)13(21)6-5-10-4-3-7-19(9-10)14(22)11-8-12(20)17-15(23)16-11/h8,10H,3-7,9H2,1-2H3,(H2,16,17,20,23)/t10-/m1/s1. The molecule has 0 spiro atoms. The van der Waals surface area contributed by atoms with Crippen LogP contribution in [0.2, 0.25) is 0 Å². The Kier molecular flexibility index (Phi) is 5.36. The number of rotatable bonds is 4. The monoisotopic (exact) mass is 322 g/mol. The first-order valence-electron chi connectivity index (χ1n) is 7.70. The summed E-state index contributed by atoms with van der Waals surface area (Å²) in [5.41, 5.74) is -1.28. The second-order valence-electron chi connectivity index (χ2n) is 6.09. The van der Waals surface area contributed by atoms with Crippen molar-refractivity contribution in [2.24, 2.45) is 5.92 Å². The Labute approximate surface area is 133 Å². The van der Waals surface area contributed by atoms with Crippen LogP contribution in [0, 0.1) is 5.92 Å². The zero-order chi connectivity index (χ0) is 17.0. The highest BCUT2D eigenvalue weighted by atomic mass is 16.2.